The summed E-state index contributed by atoms with van der Waals surface area (Å²) in [6.45, 7) is -0.558. The molecule has 0 spiro atoms. The average Bonchev–Trinajstić information content (AvgIpc) is 2.46. The van der Waals surface area contributed by atoms with Gasteiger partial charge < -0.3 is 10.1 Å². The van der Waals surface area contributed by atoms with Gasteiger partial charge in [-0.25, -0.2) is 0 Å². The normalized spacial score (nSPS) is 12.6. The van der Waals surface area contributed by atoms with Crippen molar-refractivity contribution in [3.05, 3.63) is 29.8 Å². The number of alkyl halides is 2. The van der Waals surface area contributed by atoms with Gasteiger partial charge >= 0.3 is 6.61 Å². The van der Waals surface area contributed by atoms with E-state index in [-0.39, 0.29) is 11.8 Å². The number of hydrogen-bond donors (Lipinski definition) is 1. The van der Waals surface area contributed by atoms with Gasteiger partial charge in [-0.1, -0.05) is 57.6 Å². The fourth-order valence-electron chi connectivity index (χ4n) is 2.51. The quantitative estimate of drug-likeness (QED) is 0.560. The maximum absolute atomic E-state index is 12.2. The molecular weight excluding hydrogens is 272 g/mol. The molecule has 0 saturated heterocycles. The number of halogens is 2. The zero-order valence-electron chi connectivity index (χ0n) is 13.1. The van der Waals surface area contributed by atoms with E-state index >= 15 is 0 Å². The summed E-state index contributed by atoms with van der Waals surface area (Å²) in [6, 6.07) is 7.17. The Bertz CT molecular complexity index is 385. The van der Waals surface area contributed by atoms with E-state index in [4.69, 9.17) is 0 Å². The number of ether oxygens (including phenoxy) is 1. The Labute approximate surface area is 126 Å². The van der Waals surface area contributed by atoms with Crippen LogP contribution in [-0.4, -0.2) is 13.7 Å². The van der Waals surface area contributed by atoms with Crippen LogP contribution in [-0.2, 0) is 0 Å². The SMILES string of the molecule is CCCCCCCCC(NC)c1cccc(OC(F)F)c1. The van der Waals surface area contributed by atoms with Gasteiger partial charge in [0.25, 0.3) is 0 Å². The van der Waals surface area contributed by atoms with Crippen molar-refractivity contribution in [2.75, 3.05) is 7.05 Å². The van der Waals surface area contributed by atoms with Crippen LogP contribution in [0.3, 0.4) is 0 Å². The number of unbranched alkanes of at least 4 members (excludes halogenated alkanes) is 5. The summed E-state index contributed by atoms with van der Waals surface area (Å²) >= 11 is 0. The first-order valence-electron chi connectivity index (χ1n) is 7.89. The second kappa shape index (κ2) is 10.6. The van der Waals surface area contributed by atoms with Crippen LogP contribution < -0.4 is 10.1 Å². The molecule has 2 nitrogen and oxygen atoms in total. The summed E-state index contributed by atoms with van der Waals surface area (Å²) in [7, 11) is 1.91. The molecule has 0 radical (unpaired) electrons. The highest BCUT2D eigenvalue weighted by Crippen LogP contribution is 2.24. The lowest BCUT2D eigenvalue weighted by molar-refractivity contribution is -0.0499. The van der Waals surface area contributed by atoms with E-state index in [0.29, 0.717) is 0 Å². The first-order chi connectivity index (χ1) is 10.2. The number of nitrogens with one attached hydrogen (secondary N) is 1. The molecular formula is C17H27F2NO. The van der Waals surface area contributed by atoms with Crippen LogP contribution in [0.5, 0.6) is 5.75 Å². The lowest BCUT2D eigenvalue weighted by atomic mass is 9.99. The lowest BCUT2D eigenvalue weighted by Gasteiger charge is -2.17. The third-order valence-electron chi connectivity index (χ3n) is 3.68. The number of rotatable bonds is 11. The van der Waals surface area contributed by atoms with E-state index in [1.54, 1.807) is 18.2 Å². The molecule has 0 aromatic heterocycles. The Morgan fingerprint density at radius 2 is 1.81 bits per heavy atom. The summed E-state index contributed by atoms with van der Waals surface area (Å²) in [5.74, 6) is 0.227. The van der Waals surface area contributed by atoms with E-state index in [1.165, 1.54) is 32.1 Å². The van der Waals surface area contributed by atoms with Gasteiger partial charge in [0.15, 0.2) is 0 Å². The minimum Gasteiger partial charge on any atom is -0.435 e. The van der Waals surface area contributed by atoms with Gasteiger partial charge in [-0.05, 0) is 31.2 Å². The molecule has 0 aliphatic heterocycles. The molecule has 1 N–H and O–H groups in total. The van der Waals surface area contributed by atoms with Crippen LogP contribution >= 0.6 is 0 Å². The topological polar surface area (TPSA) is 21.3 Å². The Hall–Kier alpha value is -1.16. The molecule has 1 atom stereocenters. The highest BCUT2D eigenvalue weighted by atomic mass is 19.3. The summed E-state index contributed by atoms with van der Waals surface area (Å²) < 4.78 is 29.0. The highest BCUT2D eigenvalue weighted by molar-refractivity contribution is 5.30. The Morgan fingerprint density at radius 1 is 1.10 bits per heavy atom. The van der Waals surface area contributed by atoms with Crippen molar-refractivity contribution < 1.29 is 13.5 Å². The maximum Gasteiger partial charge on any atom is 0.387 e. The molecule has 1 unspecified atom stereocenters. The van der Waals surface area contributed by atoms with Gasteiger partial charge in [0.2, 0.25) is 0 Å². The minimum atomic E-state index is -2.77. The van der Waals surface area contributed by atoms with E-state index < -0.39 is 6.61 Å². The summed E-state index contributed by atoms with van der Waals surface area (Å²) in [6.07, 6.45) is 8.54. The predicted octanol–water partition coefficient (Wildman–Crippen LogP) is 5.30. The van der Waals surface area contributed by atoms with E-state index in [2.05, 4.69) is 17.0 Å². The summed E-state index contributed by atoms with van der Waals surface area (Å²) in [5.41, 5.74) is 1.00. The van der Waals surface area contributed by atoms with Crippen LogP contribution in [0.2, 0.25) is 0 Å². The van der Waals surface area contributed by atoms with Crippen molar-refractivity contribution in [2.45, 2.75) is 64.5 Å². The molecule has 1 aromatic carbocycles. The average molecular weight is 299 g/mol. The van der Waals surface area contributed by atoms with Crippen molar-refractivity contribution in [2.24, 2.45) is 0 Å². The summed E-state index contributed by atoms with van der Waals surface area (Å²) in [5, 5.41) is 3.26. The molecule has 0 saturated carbocycles. The molecule has 0 amide bonds. The van der Waals surface area contributed by atoms with Crippen molar-refractivity contribution in [3.8, 4) is 5.75 Å². The number of benzene rings is 1. The van der Waals surface area contributed by atoms with Crippen molar-refractivity contribution in [1.82, 2.24) is 5.32 Å². The minimum absolute atomic E-state index is 0.192. The summed E-state index contributed by atoms with van der Waals surface area (Å²) in [4.78, 5) is 0. The van der Waals surface area contributed by atoms with Gasteiger partial charge in [-0.15, -0.1) is 0 Å². The second-order valence-electron chi connectivity index (χ2n) is 5.35. The van der Waals surface area contributed by atoms with E-state index in [9.17, 15) is 8.78 Å². The molecule has 0 fully saturated rings. The van der Waals surface area contributed by atoms with Crippen LogP contribution in [0.25, 0.3) is 0 Å². The first-order valence-corrected chi connectivity index (χ1v) is 7.89. The molecule has 4 heteroatoms. The van der Waals surface area contributed by atoms with Gasteiger partial charge in [-0.3, -0.25) is 0 Å². The molecule has 0 bridgehead atoms. The van der Waals surface area contributed by atoms with Gasteiger partial charge in [0.05, 0.1) is 0 Å². The first kappa shape index (κ1) is 17.9. The van der Waals surface area contributed by atoms with Gasteiger partial charge in [-0.2, -0.15) is 8.78 Å². The highest BCUT2D eigenvalue weighted by Gasteiger charge is 2.11. The molecule has 1 aromatic rings. The zero-order chi connectivity index (χ0) is 15.5. The standard InChI is InChI=1S/C17H27F2NO/c1-3-4-5-6-7-8-12-16(20-2)14-10-9-11-15(13-14)21-17(18)19/h9-11,13,16-17,20H,3-8,12H2,1-2H3. The van der Waals surface area contributed by atoms with Crippen molar-refractivity contribution in [1.29, 1.82) is 0 Å². The Kier molecular flexibility index (Phi) is 8.99. The van der Waals surface area contributed by atoms with Crippen LogP contribution in [0.1, 0.15) is 63.5 Å². The largest absolute Gasteiger partial charge is 0.435 e. The van der Waals surface area contributed by atoms with Crippen LogP contribution in [0.15, 0.2) is 24.3 Å². The van der Waals surface area contributed by atoms with Crippen molar-refractivity contribution in [3.63, 3.8) is 0 Å². The van der Waals surface area contributed by atoms with E-state index in [0.717, 1.165) is 18.4 Å². The zero-order valence-corrected chi connectivity index (χ0v) is 13.1. The predicted molar refractivity (Wildman–Crippen MR) is 82.9 cm³/mol. The third-order valence-corrected chi connectivity index (χ3v) is 3.68. The lowest BCUT2D eigenvalue weighted by Crippen LogP contribution is -2.16. The fourth-order valence-corrected chi connectivity index (χ4v) is 2.51. The Balaban J connectivity index is 2.44. The molecule has 1 rings (SSSR count). The molecule has 21 heavy (non-hydrogen) atoms. The van der Waals surface area contributed by atoms with Crippen LogP contribution in [0, 0.1) is 0 Å². The third kappa shape index (κ3) is 7.42. The van der Waals surface area contributed by atoms with Gasteiger partial charge in [0, 0.05) is 6.04 Å². The molecule has 0 heterocycles. The fraction of sp³-hybridized carbons (Fsp3) is 0.647. The molecule has 0 aliphatic carbocycles. The maximum atomic E-state index is 12.2. The van der Waals surface area contributed by atoms with Gasteiger partial charge in [0.1, 0.15) is 5.75 Å². The molecule has 120 valence electrons. The molecule has 0 aliphatic rings. The van der Waals surface area contributed by atoms with Crippen molar-refractivity contribution >= 4 is 0 Å². The Morgan fingerprint density at radius 3 is 2.48 bits per heavy atom. The van der Waals surface area contributed by atoms with E-state index in [1.807, 2.05) is 13.1 Å². The monoisotopic (exact) mass is 299 g/mol. The van der Waals surface area contributed by atoms with Crippen LogP contribution in [0.4, 0.5) is 8.78 Å². The smallest absolute Gasteiger partial charge is 0.387 e. The second-order valence-corrected chi connectivity index (χ2v) is 5.35. The number of hydrogen-bond acceptors (Lipinski definition) is 2.